The summed E-state index contributed by atoms with van der Waals surface area (Å²) < 4.78 is 40.1. The zero-order chi connectivity index (χ0) is 20.2. The zero-order valence-electron chi connectivity index (χ0n) is 17.8. The monoisotopic (exact) mass is 408 g/mol. The molecule has 0 aromatic heterocycles. The minimum Gasteiger partial charge on any atom is -0.379 e. The summed E-state index contributed by atoms with van der Waals surface area (Å²) in [5.74, 6) is 0. The van der Waals surface area contributed by atoms with Gasteiger partial charge in [0.05, 0.1) is 46.2 Å². The van der Waals surface area contributed by atoms with Crippen molar-refractivity contribution in [2.75, 3.05) is 72.7 Å². The molecule has 0 unspecified atom stereocenters. The fourth-order valence-corrected chi connectivity index (χ4v) is 4.62. The molecule has 0 saturated heterocycles. The highest BCUT2D eigenvalue weighted by Crippen LogP contribution is 2.19. The Bertz CT molecular complexity index is 311. The van der Waals surface area contributed by atoms with E-state index < -0.39 is 8.80 Å². The van der Waals surface area contributed by atoms with Gasteiger partial charge in [0.15, 0.2) is 0 Å². The molecule has 0 aromatic rings. The Morgan fingerprint density at radius 2 is 1.11 bits per heavy atom. The van der Waals surface area contributed by atoms with E-state index in [9.17, 15) is 0 Å². The highest BCUT2D eigenvalue weighted by molar-refractivity contribution is 6.60. The van der Waals surface area contributed by atoms with Crippen LogP contribution in [0.4, 0.5) is 0 Å². The van der Waals surface area contributed by atoms with Crippen LogP contribution >= 0.6 is 0 Å². The maximum absolute atomic E-state index is 6.11. The van der Waals surface area contributed by atoms with Crippen molar-refractivity contribution in [1.29, 1.82) is 0 Å². The van der Waals surface area contributed by atoms with E-state index in [-0.39, 0.29) is 0 Å². The van der Waals surface area contributed by atoms with Crippen molar-refractivity contribution in [3.8, 4) is 0 Å². The van der Waals surface area contributed by atoms with Crippen LogP contribution in [-0.2, 0) is 32.2 Å². The number of ether oxygens (including phenoxy) is 4. The van der Waals surface area contributed by atoms with Gasteiger partial charge in [-0.05, 0) is 34.1 Å². The molecule has 8 heteroatoms. The maximum Gasteiger partial charge on any atom is 0.501 e. The summed E-state index contributed by atoms with van der Waals surface area (Å²) in [6.07, 6.45) is 0.789. The second kappa shape index (κ2) is 19.0. The fraction of sp³-hybridized carbons (Fsp3) is 0.895. The van der Waals surface area contributed by atoms with E-state index >= 15 is 0 Å². The van der Waals surface area contributed by atoms with Crippen LogP contribution in [-0.4, -0.2) is 81.5 Å². The van der Waals surface area contributed by atoms with Crippen molar-refractivity contribution in [2.24, 2.45) is 0 Å². The fourth-order valence-electron chi connectivity index (χ4n) is 2.18. The molecule has 0 radical (unpaired) electrons. The number of hydrogen-bond donors (Lipinski definition) is 0. The summed E-state index contributed by atoms with van der Waals surface area (Å²) in [5, 5.41) is 0. The van der Waals surface area contributed by atoms with Gasteiger partial charge in [-0.15, -0.1) is 0 Å². The molecule has 0 saturated carbocycles. The van der Waals surface area contributed by atoms with Crippen molar-refractivity contribution >= 4 is 8.80 Å². The van der Waals surface area contributed by atoms with Crippen LogP contribution in [0.2, 0.25) is 6.04 Å². The van der Waals surface area contributed by atoms with E-state index in [2.05, 4.69) is 6.58 Å². The van der Waals surface area contributed by atoms with Gasteiger partial charge in [0.25, 0.3) is 0 Å². The molecule has 0 aliphatic rings. The van der Waals surface area contributed by atoms with Crippen molar-refractivity contribution in [3.05, 3.63) is 12.2 Å². The standard InChI is InChI=1S/C19H40O7Si/c1-6-20-11-14-24-27(25-15-12-21-7-2,26-16-13-22-8-3)17-9-10-23-18-19(4)5/h4,6-18H2,1-3,5H3. The van der Waals surface area contributed by atoms with Crippen LogP contribution in [0.15, 0.2) is 12.2 Å². The van der Waals surface area contributed by atoms with Gasteiger partial charge in [-0.2, -0.15) is 0 Å². The molecule has 0 fully saturated rings. The molecular formula is C19H40O7Si. The number of hydrogen-bond acceptors (Lipinski definition) is 7. The van der Waals surface area contributed by atoms with E-state index in [1.54, 1.807) is 0 Å². The molecule has 162 valence electrons. The third kappa shape index (κ3) is 16.3. The van der Waals surface area contributed by atoms with Gasteiger partial charge in [-0.3, -0.25) is 0 Å². The Kier molecular flexibility index (Phi) is 18.8. The Labute approximate surface area is 166 Å². The molecule has 0 bridgehead atoms. The van der Waals surface area contributed by atoms with Crippen LogP contribution in [0, 0.1) is 0 Å². The van der Waals surface area contributed by atoms with Gasteiger partial charge in [0.2, 0.25) is 0 Å². The minimum atomic E-state index is -2.87. The third-order valence-corrected chi connectivity index (χ3v) is 6.28. The molecule has 27 heavy (non-hydrogen) atoms. The molecule has 0 N–H and O–H groups in total. The second-order valence-corrected chi connectivity index (χ2v) is 8.66. The molecule has 0 spiro atoms. The molecule has 0 rings (SSSR count). The van der Waals surface area contributed by atoms with E-state index in [1.165, 1.54) is 0 Å². The lowest BCUT2D eigenvalue weighted by Crippen LogP contribution is -2.48. The highest BCUT2D eigenvalue weighted by atomic mass is 28.4. The predicted octanol–water partition coefficient (Wildman–Crippen LogP) is 3.07. The summed E-state index contributed by atoms with van der Waals surface area (Å²) in [6, 6.07) is 0.674. The van der Waals surface area contributed by atoms with Crippen molar-refractivity contribution in [1.82, 2.24) is 0 Å². The smallest absolute Gasteiger partial charge is 0.379 e. The first-order chi connectivity index (χ1) is 13.1. The third-order valence-electron chi connectivity index (χ3n) is 3.38. The van der Waals surface area contributed by atoms with Gasteiger partial charge in [-0.25, -0.2) is 0 Å². The molecule has 0 aliphatic carbocycles. The van der Waals surface area contributed by atoms with Gasteiger partial charge in [-0.1, -0.05) is 12.2 Å². The number of rotatable bonds is 21. The SMILES string of the molecule is C=C(C)COCCC[Si](OCCOCC)(OCCOCC)OCCOCC. The minimum absolute atomic E-state index is 0.440. The first kappa shape index (κ1) is 26.7. The molecule has 7 nitrogen and oxygen atoms in total. The average molecular weight is 409 g/mol. The predicted molar refractivity (Wildman–Crippen MR) is 108 cm³/mol. The Balaban J connectivity index is 4.68. The van der Waals surface area contributed by atoms with Crippen LogP contribution in [0.5, 0.6) is 0 Å². The largest absolute Gasteiger partial charge is 0.501 e. The van der Waals surface area contributed by atoms with Gasteiger partial charge in [0, 0.05) is 32.5 Å². The highest BCUT2D eigenvalue weighted by Gasteiger charge is 2.40. The summed E-state index contributed by atoms with van der Waals surface area (Å²) in [5.41, 5.74) is 1.01. The van der Waals surface area contributed by atoms with E-state index in [4.69, 9.17) is 32.2 Å². The van der Waals surface area contributed by atoms with Crippen molar-refractivity contribution in [2.45, 2.75) is 40.2 Å². The van der Waals surface area contributed by atoms with Gasteiger partial charge < -0.3 is 32.2 Å². The Morgan fingerprint density at radius 1 is 0.667 bits per heavy atom. The first-order valence-electron chi connectivity index (χ1n) is 9.97. The van der Waals surface area contributed by atoms with Crippen LogP contribution < -0.4 is 0 Å². The normalized spacial score (nSPS) is 11.9. The molecule has 0 amide bonds. The van der Waals surface area contributed by atoms with E-state index in [0.717, 1.165) is 12.0 Å². The molecule has 0 heterocycles. The van der Waals surface area contributed by atoms with Gasteiger partial charge >= 0.3 is 8.80 Å². The maximum atomic E-state index is 6.11. The van der Waals surface area contributed by atoms with Gasteiger partial charge in [0.1, 0.15) is 0 Å². The van der Waals surface area contributed by atoms with Crippen molar-refractivity contribution < 1.29 is 32.2 Å². The summed E-state index contributed by atoms with van der Waals surface area (Å²) in [4.78, 5) is 0. The summed E-state index contributed by atoms with van der Waals surface area (Å²) in [7, 11) is -2.87. The quantitative estimate of drug-likeness (QED) is 0.164. The van der Waals surface area contributed by atoms with Crippen LogP contribution in [0.3, 0.4) is 0 Å². The van der Waals surface area contributed by atoms with Crippen molar-refractivity contribution in [3.63, 3.8) is 0 Å². The lowest BCUT2D eigenvalue weighted by atomic mass is 10.4. The lowest BCUT2D eigenvalue weighted by Gasteiger charge is -2.30. The van der Waals surface area contributed by atoms with Crippen LogP contribution in [0.25, 0.3) is 0 Å². The van der Waals surface area contributed by atoms with E-state index in [0.29, 0.717) is 78.7 Å². The average Bonchev–Trinajstić information content (AvgIpc) is 2.65. The molecular weight excluding hydrogens is 368 g/mol. The first-order valence-corrected chi connectivity index (χ1v) is 11.9. The zero-order valence-corrected chi connectivity index (χ0v) is 18.8. The Hall–Kier alpha value is -0.323. The summed E-state index contributed by atoms with van der Waals surface area (Å²) in [6.45, 7) is 17.7. The molecule has 0 atom stereocenters. The topological polar surface area (TPSA) is 64.6 Å². The van der Waals surface area contributed by atoms with Crippen LogP contribution in [0.1, 0.15) is 34.1 Å². The lowest BCUT2D eigenvalue weighted by molar-refractivity contribution is 0.00220. The second-order valence-electron chi connectivity index (χ2n) is 5.93. The Morgan fingerprint density at radius 3 is 1.48 bits per heavy atom. The van der Waals surface area contributed by atoms with E-state index in [1.807, 2.05) is 27.7 Å². The molecule has 0 aromatic carbocycles. The summed E-state index contributed by atoms with van der Waals surface area (Å²) >= 11 is 0. The molecule has 0 aliphatic heterocycles.